The Hall–Kier alpha value is -2.47. The van der Waals surface area contributed by atoms with Gasteiger partial charge in [-0.2, -0.15) is 0 Å². The van der Waals surface area contributed by atoms with Gasteiger partial charge in [-0.25, -0.2) is 4.98 Å². The van der Waals surface area contributed by atoms with Gasteiger partial charge in [0.25, 0.3) is 5.91 Å². The van der Waals surface area contributed by atoms with Crippen LogP contribution in [-0.2, 0) is 4.74 Å². The van der Waals surface area contributed by atoms with E-state index in [0.29, 0.717) is 12.1 Å². The number of hydrogen-bond donors (Lipinski definition) is 0. The summed E-state index contributed by atoms with van der Waals surface area (Å²) in [6, 6.07) is 7.26. The molecule has 0 unspecified atom stereocenters. The van der Waals surface area contributed by atoms with E-state index in [1.165, 1.54) is 0 Å². The van der Waals surface area contributed by atoms with Crippen molar-refractivity contribution >= 4 is 17.4 Å². The van der Waals surface area contributed by atoms with Crippen LogP contribution in [0.15, 0.2) is 42.9 Å². The Morgan fingerprint density at radius 2 is 2.04 bits per heavy atom. The van der Waals surface area contributed by atoms with Crippen LogP contribution in [0.2, 0.25) is 0 Å². The van der Waals surface area contributed by atoms with Crippen LogP contribution in [0.5, 0.6) is 0 Å². The molecule has 126 valence electrons. The molecule has 3 heterocycles. The molecule has 1 atom stereocenters. The Morgan fingerprint density at radius 3 is 2.71 bits per heavy atom. The first-order valence-corrected chi connectivity index (χ1v) is 8.12. The zero-order valence-electron chi connectivity index (χ0n) is 14.1. The molecule has 1 amide bonds. The van der Waals surface area contributed by atoms with E-state index in [4.69, 9.17) is 4.74 Å². The van der Waals surface area contributed by atoms with Gasteiger partial charge in [0.1, 0.15) is 5.82 Å². The molecule has 3 rings (SSSR count). The molecule has 0 aliphatic carbocycles. The minimum absolute atomic E-state index is 0.0535. The van der Waals surface area contributed by atoms with E-state index >= 15 is 0 Å². The lowest BCUT2D eigenvalue weighted by molar-refractivity contribution is 0.0917. The van der Waals surface area contributed by atoms with Crippen LogP contribution in [0, 0.1) is 0 Å². The molecule has 0 radical (unpaired) electrons. The lowest BCUT2D eigenvalue weighted by Crippen LogP contribution is -2.37. The Labute approximate surface area is 142 Å². The van der Waals surface area contributed by atoms with Gasteiger partial charge in [0.05, 0.1) is 12.6 Å². The van der Waals surface area contributed by atoms with Crippen molar-refractivity contribution in [3.63, 3.8) is 0 Å². The smallest absolute Gasteiger partial charge is 0.258 e. The third-order valence-electron chi connectivity index (χ3n) is 4.08. The number of hydrogen-bond acceptors (Lipinski definition) is 5. The third-order valence-corrected chi connectivity index (χ3v) is 4.08. The predicted octanol–water partition coefficient (Wildman–Crippen LogP) is 2.37. The van der Waals surface area contributed by atoms with Gasteiger partial charge >= 0.3 is 0 Å². The highest BCUT2D eigenvalue weighted by Crippen LogP contribution is 2.22. The summed E-state index contributed by atoms with van der Waals surface area (Å²) in [6.45, 7) is 1.31. The Kier molecular flexibility index (Phi) is 5.05. The average molecular weight is 326 g/mol. The summed E-state index contributed by atoms with van der Waals surface area (Å²) in [5.74, 6) is 0.704. The van der Waals surface area contributed by atoms with Gasteiger partial charge in [-0.3, -0.25) is 9.78 Å². The van der Waals surface area contributed by atoms with Gasteiger partial charge < -0.3 is 14.5 Å². The molecule has 24 heavy (non-hydrogen) atoms. The Morgan fingerprint density at radius 1 is 1.25 bits per heavy atom. The lowest BCUT2D eigenvalue weighted by Gasteiger charge is -2.26. The number of pyridine rings is 2. The molecule has 1 fully saturated rings. The number of carbonyl (C=O) groups excluding carboxylic acids is 1. The van der Waals surface area contributed by atoms with Crippen molar-refractivity contribution < 1.29 is 9.53 Å². The number of nitrogens with zero attached hydrogens (tertiary/aromatic N) is 4. The van der Waals surface area contributed by atoms with Gasteiger partial charge in [0, 0.05) is 50.5 Å². The molecular weight excluding hydrogens is 304 g/mol. The van der Waals surface area contributed by atoms with Crippen molar-refractivity contribution in [2.45, 2.75) is 18.9 Å². The number of amides is 1. The number of carbonyl (C=O) groups is 1. The van der Waals surface area contributed by atoms with Crippen molar-refractivity contribution in [3.8, 4) is 0 Å². The molecular formula is C18H22N4O2. The first kappa shape index (κ1) is 16.4. The zero-order chi connectivity index (χ0) is 16.9. The van der Waals surface area contributed by atoms with E-state index in [2.05, 4.69) is 9.97 Å². The lowest BCUT2D eigenvalue weighted by atomic mass is 10.1. The molecule has 1 aliphatic rings. The van der Waals surface area contributed by atoms with Crippen LogP contribution in [0.1, 0.15) is 23.2 Å². The maximum absolute atomic E-state index is 13.1. The van der Waals surface area contributed by atoms with Crippen molar-refractivity contribution in [1.29, 1.82) is 0 Å². The van der Waals surface area contributed by atoms with Crippen LogP contribution in [0.25, 0.3) is 0 Å². The quantitative estimate of drug-likeness (QED) is 0.844. The minimum atomic E-state index is -0.0535. The number of ether oxygens (including phenoxy) is 1. The van der Waals surface area contributed by atoms with E-state index < -0.39 is 0 Å². The summed E-state index contributed by atoms with van der Waals surface area (Å²) in [4.78, 5) is 25.1. The van der Waals surface area contributed by atoms with Gasteiger partial charge in [-0.05, 0) is 37.1 Å². The molecule has 6 nitrogen and oxygen atoms in total. The van der Waals surface area contributed by atoms with Gasteiger partial charge in [-0.15, -0.1) is 0 Å². The molecule has 1 aliphatic heterocycles. The monoisotopic (exact) mass is 326 g/mol. The maximum atomic E-state index is 13.1. The molecule has 0 bridgehead atoms. The average Bonchev–Trinajstić information content (AvgIpc) is 3.13. The van der Waals surface area contributed by atoms with Crippen molar-refractivity contribution in [2.75, 3.05) is 37.0 Å². The molecule has 0 spiro atoms. The second-order valence-electron chi connectivity index (χ2n) is 6.05. The maximum Gasteiger partial charge on any atom is 0.258 e. The van der Waals surface area contributed by atoms with Gasteiger partial charge in [0.15, 0.2) is 0 Å². The molecule has 1 saturated heterocycles. The molecule has 2 aromatic heterocycles. The normalized spacial score (nSPS) is 16.8. The highest BCUT2D eigenvalue weighted by Gasteiger charge is 2.25. The molecule has 0 aromatic carbocycles. The first-order chi connectivity index (χ1) is 11.6. The fourth-order valence-corrected chi connectivity index (χ4v) is 2.77. The summed E-state index contributed by atoms with van der Waals surface area (Å²) < 4.78 is 5.72. The fourth-order valence-electron chi connectivity index (χ4n) is 2.77. The minimum Gasteiger partial charge on any atom is -0.376 e. The van der Waals surface area contributed by atoms with Crippen LogP contribution < -0.4 is 9.80 Å². The van der Waals surface area contributed by atoms with Gasteiger partial charge in [-0.1, -0.05) is 0 Å². The van der Waals surface area contributed by atoms with Crippen LogP contribution in [0.4, 0.5) is 11.5 Å². The summed E-state index contributed by atoms with van der Waals surface area (Å²) in [5.41, 5.74) is 1.44. The van der Waals surface area contributed by atoms with E-state index in [-0.39, 0.29) is 12.0 Å². The largest absolute Gasteiger partial charge is 0.376 e. The zero-order valence-corrected chi connectivity index (χ0v) is 14.1. The molecule has 0 N–H and O–H groups in total. The summed E-state index contributed by atoms with van der Waals surface area (Å²) in [7, 11) is 3.81. The molecule has 0 saturated carbocycles. The van der Waals surface area contributed by atoms with Crippen molar-refractivity contribution in [3.05, 3.63) is 48.4 Å². The number of anilines is 2. The van der Waals surface area contributed by atoms with E-state index in [9.17, 15) is 4.79 Å². The van der Waals surface area contributed by atoms with E-state index in [0.717, 1.165) is 31.0 Å². The van der Waals surface area contributed by atoms with Crippen LogP contribution in [0.3, 0.4) is 0 Å². The SMILES string of the molecule is CN(C)c1cc(C(=O)N(C[C@@H]2CCCO2)c2ccncc2)ccn1. The standard InChI is InChI=1S/C18H22N4O2/c1-21(2)17-12-14(5-10-20-17)18(23)22(13-16-4-3-11-24-16)15-6-8-19-9-7-15/h5-10,12,16H,3-4,11,13H2,1-2H3/t16-/m0/s1. The summed E-state index contributed by atoms with van der Waals surface area (Å²) >= 11 is 0. The predicted molar refractivity (Wildman–Crippen MR) is 93.5 cm³/mol. The van der Waals surface area contributed by atoms with Crippen LogP contribution >= 0.6 is 0 Å². The highest BCUT2D eigenvalue weighted by molar-refractivity contribution is 6.06. The van der Waals surface area contributed by atoms with Gasteiger partial charge in [0.2, 0.25) is 0 Å². The van der Waals surface area contributed by atoms with Crippen LogP contribution in [-0.4, -0.2) is 49.2 Å². The van der Waals surface area contributed by atoms with Crippen molar-refractivity contribution in [2.24, 2.45) is 0 Å². The third kappa shape index (κ3) is 3.71. The number of rotatable bonds is 5. The first-order valence-electron chi connectivity index (χ1n) is 8.12. The van der Waals surface area contributed by atoms with Crippen molar-refractivity contribution in [1.82, 2.24) is 9.97 Å². The summed E-state index contributed by atoms with van der Waals surface area (Å²) in [6.07, 6.45) is 7.17. The number of aromatic nitrogens is 2. The second kappa shape index (κ2) is 7.40. The summed E-state index contributed by atoms with van der Waals surface area (Å²) in [5, 5.41) is 0. The van der Waals surface area contributed by atoms with E-state index in [1.54, 1.807) is 29.6 Å². The Bertz CT molecular complexity index is 684. The molecule has 6 heteroatoms. The highest BCUT2D eigenvalue weighted by atomic mass is 16.5. The fraction of sp³-hybridized carbons (Fsp3) is 0.389. The topological polar surface area (TPSA) is 58.6 Å². The Balaban J connectivity index is 1.89. The van der Waals surface area contributed by atoms with E-state index in [1.807, 2.05) is 37.2 Å². The molecule has 2 aromatic rings. The second-order valence-corrected chi connectivity index (χ2v) is 6.05.